The largest absolute Gasteiger partial charge is 0.508 e. The molecule has 3 heteroatoms. The van der Waals surface area contributed by atoms with Crippen LogP contribution in [0.25, 0.3) is 0 Å². The first kappa shape index (κ1) is 11.0. The number of carboxylic acids is 1. The van der Waals surface area contributed by atoms with Gasteiger partial charge >= 0.3 is 5.97 Å². The van der Waals surface area contributed by atoms with E-state index in [0.29, 0.717) is 0 Å². The number of carboxylic acid groups (broad SMARTS) is 1. The summed E-state index contributed by atoms with van der Waals surface area (Å²) < 4.78 is 0. The lowest BCUT2D eigenvalue weighted by molar-refractivity contribution is -0.137. The van der Waals surface area contributed by atoms with E-state index in [1.165, 1.54) is 0 Å². The van der Waals surface area contributed by atoms with Gasteiger partial charge in [0.2, 0.25) is 0 Å². The van der Waals surface area contributed by atoms with Crippen molar-refractivity contribution in [1.29, 1.82) is 0 Å². The molecular formula is C13H16O3. The van der Waals surface area contributed by atoms with Crippen LogP contribution in [0.15, 0.2) is 12.1 Å². The Morgan fingerprint density at radius 1 is 1.38 bits per heavy atom. The molecule has 2 rings (SSSR count). The Morgan fingerprint density at radius 3 is 2.44 bits per heavy atom. The monoisotopic (exact) mass is 220 g/mol. The molecule has 0 aromatic heterocycles. The molecule has 1 fully saturated rings. The van der Waals surface area contributed by atoms with Crippen LogP contribution in [0.5, 0.6) is 5.75 Å². The number of carbonyl (C=O) groups is 1. The van der Waals surface area contributed by atoms with Crippen molar-refractivity contribution in [2.45, 2.75) is 38.5 Å². The van der Waals surface area contributed by atoms with Crippen molar-refractivity contribution in [2.24, 2.45) is 0 Å². The first-order chi connectivity index (χ1) is 7.44. The molecule has 0 saturated heterocycles. The number of benzene rings is 1. The molecule has 0 heterocycles. The van der Waals surface area contributed by atoms with E-state index in [9.17, 15) is 9.90 Å². The summed E-state index contributed by atoms with van der Waals surface area (Å²) >= 11 is 0. The fourth-order valence-corrected chi connectivity index (χ4v) is 2.15. The summed E-state index contributed by atoms with van der Waals surface area (Å²) in [5.74, 6) is -0.498. The zero-order valence-corrected chi connectivity index (χ0v) is 9.58. The van der Waals surface area contributed by atoms with Gasteiger partial charge in [-0.15, -0.1) is 0 Å². The molecule has 0 unspecified atom stereocenters. The lowest BCUT2D eigenvalue weighted by atomic mass is 9.90. The molecule has 0 atom stereocenters. The van der Waals surface area contributed by atoms with Gasteiger partial charge in [0.15, 0.2) is 0 Å². The molecule has 0 radical (unpaired) electrons. The molecule has 0 aliphatic heterocycles. The van der Waals surface area contributed by atoms with Crippen molar-refractivity contribution >= 4 is 5.97 Å². The van der Waals surface area contributed by atoms with E-state index >= 15 is 0 Å². The summed E-state index contributed by atoms with van der Waals surface area (Å²) in [5.41, 5.74) is 2.64. The molecule has 2 N–H and O–H groups in total. The van der Waals surface area contributed by atoms with E-state index in [1.54, 1.807) is 6.07 Å². The number of hydrogen-bond acceptors (Lipinski definition) is 2. The molecule has 16 heavy (non-hydrogen) atoms. The Hall–Kier alpha value is -1.51. The number of rotatable bonds is 3. The Labute approximate surface area is 94.7 Å². The van der Waals surface area contributed by atoms with Crippen LogP contribution in [0.4, 0.5) is 0 Å². The van der Waals surface area contributed by atoms with E-state index in [4.69, 9.17) is 5.11 Å². The number of phenols is 1. The van der Waals surface area contributed by atoms with Crippen LogP contribution in [0.1, 0.15) is 36.0 Å². The predicted octanol–water partition coefficient (Wildman–Crippen LogP) is 2.52. The van der Waals surface area contributed by atoms with Crippen LogP contribution in [-0.4, -0.2) is 16.2 Å². The summed E-state index contributed by atoms with van der Waals surface area (Å²) in [4.78, 5) is 10.8. The summed E-state index contributed by atoms with van der Waals surface area (Å²) in [6.45, 7) is 3.81. The first-order valence-electron chi connectivity index (χ1n) is 5.47. The zero-order chi connectivity index (χ0) is 11.9. The van der Waals surface area contributed by atoms with E-state index in [1.807, 2.05) is 19.9 Å². The van der Waals surface area contributed by atoms with Crippen molar-refractivity contribution in [3.63, 3.8) is 0 Å². The van der Waals surface area contributed by atoms with Gasteiger partial charge in [-0.3, -0.25) is 4.79 Å². The minimum Gasteiger partial charge on any atom is -0.508 e. The van der Waals surface area contributed by atoms with Crippen molar-refractivity contribution in [2.75, 3.05) is 0 Å². The average molecular weight is 220 g/mol. The third kappa shape index (κ3) is 1.77. The van der Waals surface area contributed by atoms with Crippen molar-refractivity contribution < 1.29 is 15.0 Å². The lowest BCUT2D eigenvalue weighted by Crippen LogP contribution is -2.13. The highest BCUT2D eigenvalue weighted by Gasteiger charge is 2.46. The number of aryl methyl sites for hydroxylation is 1. The minimum atomic E-state index is -0.768. The number of hydrogen-bond donors (Lipinski definition) is 2. The maximum absolute atomic E-state index is 10.8. The molecule has 1 aliphatic carbocycles. The van der Waals surface area contributed by atoms with Gasteiger partial charge in [-0.1, -0.05) is 6.07 Å². The maximum atomic E-state index is 10.8. The lowest BCUT2D eigenvalue weighted by Gasteiger charge is -2.15. The van der Waals surface area contributed by atoms with E-state index in [0.717, 1.165) is 29.5 Å². The Kier molecular flexibility index (Phi) is 2.41. The van der Waals surface area contributed by atoms with Crippen LogP contribution in [-0.2, 0) is 10.2 Å². The van der Waals surface area contributed by atoms with Crippen LogP contribution in [0.2, 0.25) is 0 Å². The quantitative estimate of drug-likeness (QED) is 0.822. The van der Waals surface area contributed by atoms with Gasteiger partial charge in [0.25, 0.3) is 0 Å². The summed E-state index contributed by atoms with van der Waals surface area (Å²) in [7, 11) is 0. The number of phenolic OH excluding ortho intramolecular Hbond substituents is 1. The van der Waals surface area contributed by atoms with Crippen LogP contribution < -0.4 is 0 Å². The van der Waals surface area contributed by atoms with Crippen molar-refractivity contribution in [1.82, 2.24) is 0 Å². The summed E-state index contributed by atoms with van der Waals surface area (Å²) in [5, 5.41) is 18.6. The zero-order valence-electron chi connectivity index (χ0n) is 9.58. The second kappa shape index (κ2) is 3.51. The molecule has 0 spiro atoms. The molecule has 86 valence electrons. The molecule has 1 aromatic rings. The summed E-state index contributed by atoms with van der Waals surface area (Å²) in [6.07, 6.45) is 1.97. The molecule has 0 amide bonds. The highest BCUT2D eigenvalue weighted by atomic mass is 16.4. The van der Waals surface area contributed by atoms with Gasteiger partial charge in [0.1, 0.15) is 5.75 Å². The minimum absolute atomic E-state index is 0.162. The first-order valence-corrected chi connectivity index (χ1v) is 5.47. The highest BCUT2D eigenvalue weighted by molar-refractivity contribution is 5.70. The number of aliphatic carboxylic acids is 1. The number of aromatic hydroxyl groups is 1. The van der Waals surface area contributed by atoms with Crippen molar-refractivity contribution in [3.8, 4) is 5.75 Å². The highest BCUT2D eigenvalue weighted by Crippen LogP contribution is 2.52. The second-order valence-corrected chi connectivity index (χ2v) is 4.79. The molecule has 1 aliphatic rings. The van der Waals surface area contributed by atoms with Gasteiger partial charge in [0.05, 0.1) is 6.42 Å². The van der Waals surface area contributed by atoms with Crippen molar-refractivity contribution in [3.05, 3.63) is 28.8 Å². The Balaban J connectivity index is 2.38. The molecule has 3 nitrogen and oxygen atoms in total. The third-order valence-corrected chi connectivity index (χ3v) is 3.60. The van der Waals surface area contributed by atoms with Gasteiger partial charge in [-0.25, -0.2) is 0 Å². The maximum Gasteiger partial charge on any atom is 0.304 e. The Morgan fingerprint density at radius 2 is 2.00 bits per heavy atom. The Bertz CT molecular complexity index is 421. The van der Waals surface area contributed by atoms with Gasteiger partial charge in [-0.2, -0.15) is 0 Å². The average Bonchev–Trinajstić information content (AvgIpc) is 2.93. The van der Waals surface area contributed by atoms with E-state index in [2.05, 4.69) is 0 Å². The van der Waals surface area contributed by atoms with Gasteiger partial charge in [0, 0.05) is 5.41 Å². The predicted molar refractivity (Wildman–Crippen MR) is 60.7 cm³/mol. The molecule has 1 saturated carbocycles. The van der Waals surface area contributed by atoms with Gasteiger partial charge in [-0.05, 0) is 49.4 Å². The molecule has 1 aromatic carbocycles. The molecular weight excluding hydrogens is 204 g/mol. The van der Waals surface area contributed by atoms with Crippen LogP contribution in [0, 0.1) is 13.8 Å². The van der Waals surface area contributed by atoms with Crippen LogP contribution >= 0.6 is 0 Å². The smallest absolute Gasteiger partial charge is 0.304 e. The fraction of sp³-hybridized carbons (Fsp3) is 0.462. The normalized spacial score (nSPS) is 17.1. The van der Waals surface area contributed by atoms with E-state index in [-0.39, 0.29) is 17.6 Å². The standard InChI is InChI=1S/C13H16O3/c1-8-5-10(6-11(14)9(8)2)13(3-4-13)7-12(15)16/h5-6,14H,3-4,7H2,1-2H3,(H,15,16). The van der Waals surface area contributed by atoms with Crippen LogP contribution in [0.3, 0.4) is 0 Å². The third-order valence-electron chi connectivity index (χ3n) is 3.60. The summed E-state index contributed by atoms with van der Waals surface area (Å²) in [6, 6.07) is 3.73. The van der Waals surface area contributed by atoms with E-state index < -0.39 is 5.97 Å². The fourth-order valence-electron chi connectivity index (χ4n) is 2.15. The topological polar surface area (TPSA) is 57.5 Å². The van der Waals surface area contributed by atoms with Gasteiger partial charge < -0.3 is 10.2 Å². The second-order valence-electron chi connectivity index (χ2n) is 4.79. The molecule has 0 bridgehead atoms. The SMILES string of the molecule is Cc1cc(C2(CC(=O)O)CC2)cc(O)c1C.